The number of methoxy groups -OCH3 is 1. The third kappa shape index (κ3) is 3.20. The van der Waals surface area contributed by atoms with E-state index in [2.05, 4.69) is 0 Å². The molecule has 0 amide bonds. The Morgan fingerprint density at radius 3 is 2.57 bits per heavy atom. The smallest absolute Gasteiger partial charge is 0.164 e. The highest BCUT2D eigenvalue weighted by Crippen LogP contribution is 2.33. The Bertz CT molecular complexity index is 619. The Balaban J connectivity index is 2.38. The van der Waals surface area contributed by atoms with Crippen LogP contribution in [-0.2, 0) is 0 Å². The summed E-state index contributed by atoms with van der Waals surface area (Å²) < 4.78 is 32.2. The first kappa shape index (κ1) is 15.4. The Morgan fingerprint density at radius 1 is 1.19 bits per heavy atom. The van der Waals surface area contributed by atoms with E-state index in [0.29, 0.717) is 11.3 Å². The predicted molar refractivity (Wildman–Crippen MR) is 76.1 cm³/mol. The number of halogens is 2. The van der Waals surface area contributed by atoms with Crippen LogP contribution in [0.5, 0.6) is 5.75 Å². The highest BCUT2D eigenvalue weighted by atomic mass is 19.2. The molecule has 0 aliphatic carbocycles. The van der Waals surface area contributed by atoms with Gasteiger partial charge in [0.05, 0.1) is 13.2 Å². The van der Waals surface area contributed by atoms with Gasteiger partial charge >= 0.3 is 0 Å². The van der Waals surface area contributed by atoms with Crippen molar-refractivity contribution in [1.82, 2.24) is 0 Å². The van der Waals surface area contributed by atoms with Gasteiger partial charge in [-0.2, -0.15) is 0 Å². The van der Waals surface area contributed by atoms with Crippen molar-refractivity contribution in [3.63, 3.8) is 0 Å². The van der Waals surface area contributed by atoms with Gasteiger partial charge in [-0.3, -0.25) is 0 Å². The molecule has 2 aromatic rings. The second-order valence-electron chi connectivity index (χ2n) is 4.71. The molecular weight excluding hydrogens is 276 g/mol. The first-order chi connectivity index (χ1) is 10.1. The van der Waals surface area contributed by atoms with Crippen LogP contribution < -0.4 is 10.5 Å². The number of aliphatic hydroxyl groups excluding tert-OH is 1. The molecule has 0 aromatic heterocycles. The lowest BCUT2D eigenvalue weighted by molar-refractivity contribution is 0.142. The van der Waals surface area contributed by atoms with E-state index < -0.39 is 23.7 Å². The van der Waals surface area contributed by atoms with Gasteiger partial charge in [0.25, 0.3) is 0 Å². The molecule has 0 aliphatic rings. The summed E-state index contributed by atoms with van der Waals surface area (Å²) in [7, 11) is 1.53. The average Bonchev–Trinajstić information content (AvgIpc) is 2.51. The van der Waals surface area contributed by atoms with E-state index in [0.717, 1.165) is 6.07 Å². The number of ether oxygens (including phenoxy) is 1. The van der Waals surface area contributed by atoms with E-state index in [-0.39, 0.29) is 12.1 Å². The highest BCUT2D eigenvalue weighted by Gasteiger charge is 2.25. The molecule has 21 heavy (non-hydrogen) atoms. The van der Waals surface area contributed by atoms with Crippen molar-refractivity contribution in [1.29, 1.82) is 0 Å². The topological polar surface area (TPSA) is 55.5 Å². The summed E-state index contributed by atoms with van der Waals surface area (Å²) in [6, 6.07) is 10.7. The predicted octanol–water partition coefficient (Wildman–Crippen LogP) is 2.75. The van der Waals surface area contributed by atoms with Crippen molar-refractivity contribution >= 4 is 0 Å². The molecule has 0 spiro atoms. The van der Waals surface area contributed by atoms with Crippen LogP contribution in [-0.4, -0.2) is 18.8 Å². The van der Waals surface area contributed by atoms with Crippen LogP contribution in [0, 0.1) is 11.6 Å². The van der Waals surface area contributed by atoms with E-state index in [9.17, 15) is 13.9 Å². The fourth-order valence-corrected chi connectivity index (χ4v) is 2.29. The third-order valence-corrected chi connectivity index (χ3v) is 3.46. The van der Waals surface area contributed by atoms with Crippen LogP contribution in [0.2, 0.25) is 0 Å². The monoisotopic (exact) mass is 293 g/mol. The quantitative estimate of drug-likeness (QED) is 0.891. The lowest BCUT2D eigenvalue weighted by atomic mass is 9.89. The fraction of sp³-hybridized carbons (Fsp3) is 0.250. The molecule has 2 atom stereocenters. The van der Waals surface area contributed by atoms with Crippen molar-refractivity contribution < 1.29 is 18.6 Å². The minimum Gasteiger partial charge on any atom is -0.497 e. The zero-order valence-corrected chi connectivity index (χ0v) is 11.6. The van der Waals surface area contributed by atoms with E-state index >= 15 is 0 Å². The van der Waals surface area contributed by atoms with E-state index in [1.807, 2.05) is 0 Å². The zero-order chi connectivity index (χ0) is 15.4. The van der Waals surface area contributed by atoms with Crippen LogP contribution in [0.15, 0.2) is 42.5 Å². The van der Waals surface area contributed by atoms with E-state index in [1.165, 1.54) is 19.2 Å². The molecule has 2 rings (SSSR count). The van der Waals surface area contributed by atoms with Crippen molar-refractivity contribution in [3.05, 3.63) is 65.2 Å². The van der Waals surface area contributed by atoms with Gasteiger partial charge in [-0.1, -0.05) is 24.3 Å². The van der Waals surface area contributed by atoms with Gasteiger partial charge in [0.2, 0.25) is 0 Å². The van der Waals surface area contributed by atoms with Crippen molar-refractivity contribution in [2.75, 3.05) is 13.7 Å². The molecular formula is C16H17F2NO2. The lowest BCUT2D eigenvalue weighted by Gasteiger charge is -2.23. The van der Waals surface area contributed by atoms with Crippen LogP contribution in [0.4, 0.5) is 8.78 Å². The number of hydrogen-bond donors (Lipinski definition) is 2. The first-order valence-corrected chi connectivity index (χ1v) is 6.54. The summed E-state index contributed by atoms with van der Waals surface area (Å²) in [5.41, 5.74) is 6.30. The molecule has 0 saturated carbocycles. The van der Waals surface area contributed by atoms with Gasteiger partial charge in [0.15, 0.2) is 11.6 Å². The molecule has 0 heterocycles. The van der Waals surface area contributed by atoms with Gasteiger partial charge in [0, 0.05) is 18.0 Å². The second-order valence-corrected chi connectivity index (χ2v) is 4.71. The number of aliphatic hydroxyl groups is 1. The minimum absolute atomic E-state index is 0.0876. The summed E-state index contributed by atoms with van der Waals surface area (Å²) in [6.45, 7) is 0.0876. The van der Waals surface area contributed by atoms with Crippen LogP contribution >= 0.6 is 0 Å². The summed E-state index contributed by atoms with van der Waals surface area (Å²) in [5.74, 6) is -1.99. The molecule has 0 aliphatic heterocycles. The lowest BCUT2D eigenvalue weighted by Crippen LogP contribution is -2.21. The zero-order valence-electron chi connectivity index (χ0n) is 11.6. The Labute approximate surface area is 122 Å². The summed E-state index contributed by atoms with van der Waals surface area (Å²) in [6.07, 6.45) is -1.24. The second kappa shape index (κ2) is 6.65. The van der Waals surface area contributed by atoms with Crippen LogP contribution in [0.25, 0.3) is 0 Å². The fourth-order valence-electron chi connectivity index (χ4n) is 2.29. The standard InChI is InChI=1S/C16H17F2NO2/c1-21-11-5-2-4-10(8-11)13(9-19)16(20)12-6-3-7-14(17)15(12)18/h2-8,13,16,20H,9,19H2,1H3. The summed E-state index contributed by atoms with van der Waals surface area (Å²) >= 11 is 0. The number of rotatable bonds is 5. The summed E-state index contributed by atoms with van der Waals surface area (Å²) in [5, 5.41) is 10.4. The number of benzene rings is 2. The van der Waals surface area contributed by atoms with Gasteiger partial charge in [-0.15, -0.1) is 0 Å². The Morgan fingerprint density at radius 2 is 1.90 bits per heavy atom. The highest BCUT2D eigenvalue weighted by molar-refractivity contribution is 5.34. The van der Waals surface area contributed by atoms with Gasteiger partial charge < -0.3 is 15.6 Å². The van der Waals surface area contributed by atoms with Gasteiger partial charge in [-0.05, 0) is 23.8 Å². The minimum atomic E-state index is -1.24. The SMILES string of the molecule is COc1cccc(C(CN)C(O)c2cccc(F)c2F)c1. The normalized spacial score (nSPS) is 13.8. The summed E-state index contributed by atoms with van der Waals surface area (Å²) in [4.78, 5) is 0. The maximum Gasteiger partial charge on any atom is 0.164 e. The number of nitrogens with two attached hydrogens (primary N) is 1. The van der Waals surface area contributed by atoms with Crippen LogP contribution in [0.1, 0.15) is 23.1 Å². The van der Waals surface area contributed by atoms with Gasteiger partial charge in [0.1, 0.15) is 5.75 Å². The maximum absolute atomic E-state index is 13.8. The third-order valence-electron chi connectivity index (χ3n) is 3.46. The van der Waals surface area contributed by atoms with Crippen molar-refractivity contribution in [2.45, 2.75) is 12.0 Å². The van der Waals surface area contributed by atoms with Crippen LogP contribution in [0.3, 0.4) is 0 Å². The van der Waals surface area contributed by atoms with Gasteiger partial charge in [-0.25, -0.2) is 8.78 Å². The van der Waals surface area contributed by atoms with E-state index in [1.54, 1.807) is 24.3 Å². The number of hydrogen-bond acceptors (Lipinski definition) is 3. The molecule has 0 radical (unpaired) electrons. The average molecular weight is 293 g/mol. The maximum atomic E-state index is 13.8. The van der Waals surface area contributed by atoms with Crippen molar-refractivity contribution in [2.24, 2.45) is 5.73 Å². The Hall–Kier alpha value is -1.98. The molecule has 112 valence electrons. The molecule has 0 bridgehead atoms. The molecule has 2 aromatic carbocycles. The largest absolute Gasteiger partial charge is 0.497 e. The molecule has 0 fully saturated rings. The molecule has 3 nitrogen and oxygen atoms in total. The van der Waals surface area contributed by atoms with Crippen molar-refractivity contribution in [3.8, 4) is 5.75 Å². The van der Waals surface area contributed by atoms with E-state index in [4.69, 9.17) is 10.5 Å². The molecule has 3 N–H and O–H groups in total. The Kier molecular flexibility index (Phi) is 4.88. The molecule has 5 heteroatoms. The first-order valence-electron chi connectivity index (χ1n) is 6.54. The molecule has 2 unspecified atom stereocenters. The molecule has 0 saturated heterocycles.